The van der Waals surface area contributed by atoms with Crippen molar-refractivity contribution in [3.8, 4) is 0 Å². The zero-order valence-corrected chi connectivity index (χ0v) is 12.0. The topological polar surface area (TPSA) is 44.8 Å². The number of carbonyl (C=O) groups excluding carboxylic acids is 1. The Labute approximate surface area is 111 Å². The molecule has 17 heavy (non-hydrogen) atoms. The van der Waals surface area contributed by atoms with Gasteiger partial charge in [-0.25, -0.2) is 4.79 Å². The van der Waals surface area contributed by atoms with Gasteiger partial charge in [0, 0.05) is 5.92 Å². The lowest BCUT2D eigenvalue weighted by atomic mass is 10.0. The predicted molar refractivity (Wildman–Crippen MR) is 65.1 cm³/mol. The maximum Gasteiger partial charge on any atom is 0.343 e. The third-order valence-electron chi connectivity index (χ3n) is 2.71. The van der Waals surface area contributed by atoms with Crippen molar-refractivity contribution in [2.75, 3.05) is 13.2 Å². The molecular weight excluding hydrogens is 267 g/mol. The average molecular weight is 285 g/mol. The molecule has 0 saturated carbocycles. The summed E-state index contributed by atoms with van der Waals surface area (Å²) < 4.78 is 14.3. The molecule has 0 N–H and O–H groups in total. The molecule has 1 fully saturated rings. The molecular formula is C11H18Cl2O4. The van der Waals surface area contributed by atoms with Crippen molar-refractivity contribution in [1.29, 1.82) is 0 Å². The fourth-order valence-corrected chi connectivity index (χ4v) is 2.00. The molecule has 1 heterocycles. The van der Waals surface area contributed by atoms with Gasteiger partial charge in [0.15, 0.2) is 5.79 Å². The van der Waals surface area contributed by atoms with Crippen LogP contribution in [0.5, 0.6) is 0 Å². The Balaban J connectivity index is 2.69. The zero-order chi connectivity index (χ0) is 13.3. The molecule has 1 aliphatic rings. The molecule has 6 heteroatoms. The summed E-state index contributed by atoms with van der Waals surface area (Å²) in [6.45, 7) is 7.63. The van der Waals surface area contributed by atoms with Gasteiger partial charge in [0.05, 0.1) is 19.3 Å². The molecule has 0 bridgehead atoms. The van der Waals surface area contributed by atoms with E-state index in [4.69, 9.17) is 37.4 Å². The molecule has 0 aliphatic carbocycles. The number of halogens is 2. The van der Waals surface area contributed by atoms with Crippen molar-refractivity contribution < 1.29 is 19.0 Å². The van der Waals surface area contributed by atoms with Crippen LogP contribution in [0.15, 0.2) is 0 Å². The largest absolute Gasteiger partial charge is 0.464 e. The van der Waals surface area contributed by atoms with E-state index in [0.717, 1.165) is 0 Å². The van der Waals surface area contributed by atoms with E-state index in [9.17, 15) is 4.79 Å². The highest BCUT2D eigenvalue weighted by atomic mass is 35.5. The first kappa shape index (κ1) is 15.0. The van der Waals surface area contributed by atoms with Crippen molar-refractivity contribution in [1.82, 2.24) is 0 Å². The molecule has 0 aromatic carbocycles. The first-order chi connectivity index (χ1) is 7.70. The number of hydrogen-bond acceptors (Lipinski definition) is 4. The number of rotatable bonds is 4. The number of hydrogen-bond donors (Lipinski definition) is 0. The van der Waals surface area contributed by atoms with E-state index in [1.54, 1.807) is 27.7 Å². The third-order valence-corrected chi connectivity index (χ3v) is 3.70. The van der Waals surface area contributed by atoms with Crippen LogP contribution in [0.25, 0.3) is 0 Å². The highest BCUT2D eigenvalue weighted by molar-refractivity contribution is 6.57. The number of esters is 1. The molecule has 0 amide bonds. The van der Waals surface area contributed by atoms with E-state index in [2.05, 4.69) is 0 Å². The van der Waals surface area contributed by atoms with E-state index in [1.807, 2.05) is 0 Å². The van der Waals surface area contributed by atoms with Crippen LogP contribution in [0, 0.1) is 5.92 Å². The fourth-order valence-electron chi connectivity index (χ4n) is 1.61. The summed E-state index contributed by atoms with van der Waals surface area (Å²) in [5.41, 5.74) is 0. The molecule has 0 unspecified atom stereocenters. The summed E-state index contributed by atoms with van der Waals surface area (Å²) in [7, 11) is 0. The summed E-state index contributed by atoms with van der Waals surface area (Å²) in [4.78, 5) is 11.6. The monoisotopic (exact) mass is 284 g/mol. The normalized spacial score (nSPS) is 25.6. The molecule has 100 valence electrons. The van der Waals surface area contributed by atoms with Gasteiger partial charge in [-0.2, -0.15) is 0 Å². The van der Waals surface area contributed by atoms with Crippen LogP contribution in [-0.2, 0) is 19.0 Å². The van der Waals surface area contributed by atoms with E-state index < -0.39 is 22.0 Å². The zero-order valence-electron chi connectivity index (χ0n) is 10.5. The van der Waals surface area contributed by atoms with E-state index in [1.165, 1.54) is 0 Å². The van der Waals surface area contributed by atoms with Crippen molar-refractivity contribution in [2.45, 2.75) is 43.9 Å². The van der Waals surface area contributed by atoms with Crippen molar-refractivity contribution in [3.63, 3.8) is 0 Å². The highest BCUT2D eigenvalue weighted by Crippen LogP contribution is 2.39. The smallest absolute Gasteiger partial charge is 0.343 e. The van der Waals surface area contributed by atoms with Crippen LogP contribution in [0.1, 0.15) is 27.7 Å². The molecule has 0 spiro atoms. The minimum Gasteiger partial charge on any atom is -0.464 e. The van der Waals surface area contributed by atoms with Crippen LogP contribution in [0.4, 0.5) is 0 Å². The standard InChI is InChI=1S/C11H18Cl2O4/c1-5-15-9(14)11(12,13)7(2)8-6-16-10(3,4)17-8/h7-8H,5-6H2,1-4H3/t7-,8-/m1/s1. The fraction of sp³-hybridized carbons (Fsp3) is 0.909. The molecule has 1 saturated heterocycles. The van der Waals surface area contributed by atoms with E-state index in [0.29, 0.717) is 6.61 Å². The van der Waals surface area contributed by atoms with Gasteiger partial charge >= 0.3 is 5.97 Å². The van der Waals surface area contributed by atoms with Crippen LogP contribution in [0.3, 0.4) is 0 Å². The van der Waals surface area contributed by atoms with Crippen LogP contribution in [0.2, 0.25) is 0 Å². The summed E-state index contributed by atoms with van der Waals surface area (Å²) in [5.74, 6) is -1.74. The lowest BCUT2D eigenvalue weighted by Gasteiger charge is -2.29. The number of ether oxygens (including phenoxy) is 3. The number of alkyl halides is 2. The summed E-state index contributed by atoms with van der Waals surface area (Å²) >= 11 is 12.1. The van der Waals surface area contributed by atoms with Gasteiger partial charge in [-0.1, -0.05) is 30.1 Å². The van der Waals surface area contributed by atoms with Crippen LogP contribution >= 0.6 is 23.2 Å². The first-order valence-corrected chi connectivity index (χ1v) is 6.33. The Morgan fingerprint density at radius 3 is 2.59 bits per heavy atom. The third kappa shape index (κ3) is 3.47. The van der Waals surface area contributed by atoms with Crippen molar-refractivity contribution >= 4 is 29.2 Å². The molecule has 0 aromatic heterocycles. The Morgan fingerprint density at radius 2 is 2.18 bits per heavy atom. The summed E-state index contributed by atoms with van der Waals surface area (Å²) in [5, 5.41) is 0. The van der Waals surface area contributed by atoms with Gasteiger partial charge < -0.3 is 14.2 Å². The minimum atomic E-state index is -1.62. The van der Waals surface area contributed by atoms with Crippen LogP contribution < -0.4 is 0 Å². The van der Waals surface area contributed by atoms with Gasteiger partial charge in [0.1, 0.15) is 0 Å². The predicted octanol–water partition coefficient (Wildman–Crippen LogP) is 2.51. The second kappa shape index (κ2) is 5.31. The van der Waals surface area contributed by atoms with Crippen molar-refractivity contribution in [2.24, 2.45) is 5.92 Å². The lowest BCUT2D eigenvalue weighted by molar-refractivity contribution is -0.153. The molecule has 0 radical (unpaired) electrons. The van der Waals surface area contributed by atoms with E-state index in [-0.39, 0.29) is 12.7 Å². The average Bonchev–Trinajstić information content (AvgIpc) is 2.58. The Morgan fingerprint density at radius 1 is 1.59 bits per heavy atom. The molecule has 1 rings (SSSR count). The molecule has 2 atom stereocenters. The SMILES string of the molecule is CCOC(=O)C(Cl)(Cl)[C@H](C)[C@H]1COC(C)(C)O1. The second-order valence-electron chi connectivity index (χ2n) is 4.50. The molecule has 4 nitrogen and oxygen atoms in total. The molecule has 0 aromatic rings. The Hall–Kier alpha value is -0.0300. The molecule has 1 aliphatic heterocycles. The van der Waals surface area contributed by atoms with Gasteiger partial charge in [-0.05, 0) is 20.8 Å². The maximum absolute atomic E-state index is 11.6. The summed E-state index contributed by atoms with van der Waals surface area (Å²) in [6.07, 6.45) is -0.329. The Kier molecular flexibility index (Phi) is 4.69. The number of carbonyl (C=O) groups is 1. The van der Waals surface area contributed by atoms with E-state index >= 15 is 0 Å². The van der Waals surface area contributed by atoms with Crippen molar-refractivity contribution in [3.05, 3.63) is 0 Å². The minimum absolute atomic E-state index is 0.236. The van der Waals surface area contributed by atoms with Gasteiger partial charge in [-0.3, -0.25) is 0 Å². The lowest BCUT2D eigenvalue weighted by Crippen LogP contribution is -2.42. The highest BCUT2D eigenvalue weighted by Gasteiger charge is 2.49. The Bertz CT molecular complexity index is 291. The van der Waals surface area contributed by atoms with Crippen LogP contribution in [-0.4, -0.2) is 35.4 Å². The van der Waals surface area contributed by atoms with Gasteiger partial charge in [0.25, 0.3) is 0 Å². The first-order valence-electron chi connectivity index (χ1n) is 5.57. The van der Waals surface area contributed by atoms with Gasteiger partial charge in [-0.15, -0.1) is 0 Å². The van der Waals surface area contributed by atoms with Gasteiger partial charge in [0.2, 0.25) is 4.33 Å². The maximum atomic E-state index is 11.6. The summed E-state index contributed by atoms with van der Waals surface area (Å²) in [6, 6.07) is 0. The quantitative estimate of drug-likeness (QED) is 0.588. The second-order valence-corrected chi connectivity index (χ2v) is 5.89.